The molecule has 1 aliphatic heterocycles. The highest BCUT2D eigenvalue weighted by molar-refractivity contribution is 6.20. The average Bonchev–Trinajstić information content (AvgIpc) is 2.68. The maximum Gasteiger partial charge on any atom is 0.217 e. The first-order chi connectivity index (χ1) is 13.5. The van der Waals surface area contributed by atoms with Crippen LogP contribution in [0.4, 0.5) is 0 Å². The van der Waals surface area contributed by atoms with E-state index < -0.39 is 17.7 Å². The summed E-state index contributed by atoms with van der Waals surface area (Å²) in [6, 6.07) is 19.3. The van der Waals surface area contributed by atoms with Crippen LogP contribution in [0.3, 0.4) is 0 Å². The van der Waals surface area contributed by atoms with Crippen LogP contribution < -0.4 is 5.32 Å². The molecule has 2 aromatic rings. The van der Waals surface area contributed by atoms with E-state index in [1.54, 1.807) is 0 Å². The van der Waals surface area contributed by atoms with E-state index in [0.29, 0.717) is 13.2 Å². The van der Waals surface area contributed by atoms with Gasteiger partial charge in [0, 0.05) is 6.92 Å². The first kappa shape index (κ1) is 20.8. The molecule has 0 aliphatic carbocycles. The maximum absolute atomic E-state index is 11.9. The lowest BCUT2D eigenvalue weighted by molar-refractivity contribution is -0.191. The Morgan fingerprint density at radius 3 is 1.96 bits per heavy atom. The molecule has 150 valence electrons. The van der Waals surface area contributed by atoms with Crippen LogP contribution in [0.5, 0.6) is 0 Å². The van der Waals surface area contributed by atoms with Gasteiger partial charge in [0.25, 0.3) is 0 Å². The third-order valence-electron chi connectivity index (χ3n) is 4.71. The van der Waals surface area contributed by atoms with Gasteiger partial charge >= 0.3 is 0 Å². The summed E-state index contributed by atoms with van der Waals surface area (Å²) >= 11 is 6.45. The number of ether oxygens (including phenoxy) is 3. The summed E-state index contributed by atoms with van der Waals surface area (Å²) < 4.78 is 18.1. The lowest BCUT2D eigenvalue weighted by atomic mass is 9.97. The molecule has 1 amide bonds. The molecule has 0 aromatic heterocycles. The summed E-state index contributed by atoms with van der Waals surface area (Å²) in [6.07, 6.45) is -1.22. The van der Waals surface area contributed by atoms with Crippen molar-refractivity contribution in [3.05, 3.63) is 71.8 Å². The number of carbonyl (C=O) groups is 1. The van der Waals surface area contributed by atoms with E-state index in [4.69, 9.17) is 25.8 Å². The van der Waals surface area contributed by atoms with Gasteiger partial charge in [-0.25, -0.2) is 0 Å². The molecule has 1 heterocycles. The van der Waals surface area contributed by atoms with Gasteiger partial charge in [-0.1, -0.05) is 72.3 Å². The minimum absolute atomic E-state index is 0.162. The van der Waals surface area contributed by atoms with Crippen molar-refractivity contribution in [1.82, 2.24) is 5.32 Å². The standard InChI is InChI=1S/C22H26ClNO4/c1-15-20(26-13-17-9-5-3-6-10-17)19(24-16(2)25)21(22(23)28-15)27-14-18-11-7-4-8-12-18/h3-12,15,19-22H,13-14H2,1-2H3,(H,24,25)/t15-,19+,20-,21-,22+/m1/s1. The molecule has 6 heteroatoms. The molecule has 1 fully saturated rings. The van der Waals surface area contributed by atoms with Crippen LogP contribution >= 0.6 is 11.6 Å². The monoisotopic (exact) mass is 403 g/mol. The van der Waals surface area contributed by atoms with E-state index in [2.05, 4.69) is 5.32 Å². The second-order valence-electron chi connectivity index (χ2n) is 6.94. The number of amides is 1. The molecule has 0 saturated carbocycles. The fraction of sp³-hybridized carbons (Fsp3) is 0.409. The van der Waals surface area contributed by atoms with Crippen LogP contribution in [0.15, 0.2) is 60.7 Å². The van der Waals surface area contributed by atoms with Crippen LogP contribution in [-0.2, 0) is 32.2 Å². The fourth-order valence-corrected chi connectivity index (χ4v) is 3.74. The zero-order valence-corrected chi connectivity index (χ0v) is 16.8. The molecular formula is C22H26ClNO4. The largest absolute Gasteiger partial charge is 0.369 e. The molecule has 2 aromatic carbocycles. The lowest BCUT2D eigenvalue weighted by Crippen LogP contribution is -2.63. The Morgan fingerprint density at radius 1 is 0.964 bits per heavy atom. The van der Waals surface area contributed by atoms with E-state index in [1.165, 1.54) is 6.92 Å². The number of benzene rings is 2. The Hall–Kier alpha value is -1.92. The molecule has 0 radical (unpaired) electrons. The van der Waals surface area contributed by atoms with Crippen molar-refractivity contribution >= 4 is 17.5 Å². The summed E-state index contributed by atoms with van der Waals surface area (Å²) in [5, 5.41) is 2.96. The van der Waals surface area contributed by atoms with Crippen molar-refractivity contribution < 1.29 is 19.0 Å². The number of hydrogen-bond donors (Lipinski definition) is 1. The summed E-state index contributed by atoms with van der Waals surface area (Å²) in [5.41, 5.74) is 1.38. The summed E-state index contributed by atoms with van der Waals surface area (Å²) in [4.78, 5) is 11.9. The van der Waals surface area contributed by atoms with Crippen molar-refractivity contribution in [2.45, 2.75) is 57.0 Å². The maximum atomic E-state index is 11.9. The van der Waals surface area contributed by atoms with Gasteiger partial charge in [-0.05, 0) is 18.1 Å². The van der Waals surface area contributed by atoms with Gasteiger partial charge in [-0.15, -0.1) is 0 Å². The van der Waals surface area contributed by atoms with E-state index >= 15 is 0 Å². The number of halogens is 1. The Kier molecular flexibility index (Phi) is 7.45. The van der Waals surface area contributed by atoms with Gasteiger partial charge < -0.3 is 19.5 Å². The lowest BCUT2D eigenvalue weighted by Gasteiger charge is -2.43. The van der Waals surface area contributed by atoms with Crippen LogP contribution in [0.1, 0.15) is 25.0 Å². The quantitative estimate of drug-likeness (QED) is 0.717. The predicted octanol–water partition coefficient (Wildman–Crippen LogP) is 3.65. The minimum Gasteiger partial charge on any atom is -0.369 e. The van der Waals surface area contributed by atoms with Crippen LogP contribution in [0.2, 0.25) is 0 Å². The molecule has 5 nitrogen and oxygen atoms in total. The molecule has 1 aliphatic rings. The molecule has 3 rings (SSSR count). The number of alkyl halides is 1. The van der Waals surface area contributed by atoms with Crippen molar-refractivity contribution in [3.8, 4) is 0 Å². The highest BCUT2D eigenvalue weighted by Crippen LogP contribution is 2.29. The Morgan fingerprint density at radius 2 is 1.46 bits per heavy atom. The van der Waals surface area contributed by atoms with Gasteiger partial charge in [0.05, 0.1) is 25.4 Å². The van der Waals surface area contributed by atoms with Gasteiger partial charge in [0.2, 0.25) is 5.91 Å². The summed E-state index contributed by atoms with van der Waals surface area (Å²) in [6.45, 7) is 4.15. The highest BCUT2D eigenvalue weighted by atomic mass is 35.5. The zero-order valence-electron chi connectivity index (χ0n) is 16.1. The van der Waals surface area contributed by atoms with E-state index in [1.807, 2.05) is 67.6 Å². The molecule has 0 spiro atoms. The third kappa shape index (κ3) is 5.55. The molecule has 1 saturated heterocycles. The minimum atomic E-state index is -0.688. The van der Waals surface area contributed by atoms with Crippen molar-refractivity contribution in [2.24, 2.45) is 0 Å². The normalized spacial score (nSPS) is 27.3. The number of nitrogens with one attached hydrogen (secondary N) is 1. The highest BCUT2D eigenvalue weighted by Gasteiger charge is 2.45. The summed E-state index contributed by atoms with van der Waals surface area (Å²) in [7, 11) is 0. The molecule has 28 heavy (non-hydrogen) atoms. The molecular weight excluding hydrogens is 378 g/mol. The van der Waals surface area contributed by atoms with E-state index in [0.717, 1.165) is 11.1 Å². The molecule has 0 bridgehead atoms. The van der Waals surface area contributed by atoms with Gasteiger partial charge in [0.15, 0.2) is 5.56 Å². The van der Waals surface area contributed by atoms with Gasteiger partial charge in [-0.2, -0.15) is 0 Å². The topological polar surface area (TPSA) is 56.8 Å². The Labute approximate surface area is 170 Å². The Balaban J connectivity index is 1.73. The Bertz CT molecular complexity index is 687. The van der Waals surface area contributed by atoms with Crippen molar-refractivity contribution in [1.29, 1.82) is 0 Å². The first-order valence-electron chi connectivity index (χ1n) is 9.42. The molecule has 1 N–H and O–H groups in total. The number of hydrogen-bond acceptors (Lipinski definition) is 4. The van der Waals surface area contributed by atoms with Crippen LogP contribution in [0.25, 0.3) is 0 Å². The predicted molar refractivity (Wildman–Crippen MR) is 108 cm³/mol. The number of rotatable bonds is 7. The van der Waals surface area contributed by atoms with Gasteiger partial charge in [0.1, 0.15) is 12.2 Å². The second-order valence-corrected chi connectivity index (χ2v) is 7.37. The smallest absolute Gasteiger partial charge is 0.217 e. The summed E-state index contributed by atoms with van der Waals surface area (Å²) in [5.74, 6) is -0.162. The molecule has 0 unspecified atom stereocenters. The van der Waals surface area contributed by atoms with Crippen LogP contribution in [-0.4, -0.2) is 35.8 Å². The SMILES string of the molecule is CC(=O)N[C@@H]1[C@@H](OCc2ccccc2)[C@@H](Cl)O[C@H](C)[C@H]1OCc1ccccc1. The van der Waals surface area contributed by atoms with E-state index in [-0.39, 0.29) is 18.1 Å². The third-order valence-corrected chi connectivity index (χ3v) is 5.07. The van der Waals surface area contributed by atoms with Gasteiger partial charge in [-0.3, -0.25) is 4.79 Å². The van der Waals surface area contributed by atoms with Crippen LogP contribution in [0, 0.1) is 0 Å². The average molecular weight is 404 g/mol. The first-order valence-corrected chi connectivity index (χ1v) is 9.86. The zero-order chi connectivity index (χ0) is 19.9. The van der Waals surface area contributed by atoms with Crippen molar-refractivity contribution in [3.63, 3.8) is 0 Å². The van der Waals surface area contributed by atoms with Crippen molar-refractivity contribution in [2.75, 3.05) is 0 Å². The fourth-order valence-electron chi connectivity index (χ4n) is 3.35. The second kappa shape index (κ2) is 10.0. The number of carbonyl (C=O) groups excluding carboxylic acids is 1. The molecule has 5 atom stereocenters. The van der Waals surface area contributed by atoms with E-state index in [9.17, 15) is 4.79 Å².